The van der Waals surface area contributed by atoms with Crippen molar-refractivity contribution in [2.45, 2.75) is 70.0 Å². The van der Waals surface area contributed by atoms with E-state index in [0.717, 1.165) is 0 Å². The Balaban J connectivity index is 1.59. The lowest BCUT2D eigenvalue weighted by Crippen LogP contribution is -2.60. The highest BCUT2D eigenvalue weighted by Crippen LogP contribution is 2.44. The molecule has 0 saturated carbocycles. The molecule has 136 valence electrons. The van der Waals surface area contributed by atoms with Crippen LogP contribution in [-0.2, 0) is 33.2 Å². The molecule has 0 N–H and O–H groups in total. The third-order valence-electron chi connectivity index (χ3n) is 4.72. The van der Waals surface area contributed by atoms with Crippen LogP contribution in [0.15, 0.2) is 0 Å². The average molecular weight is 343 g/mol. The Labute approximate surface area is 141 Å². The van der Waals surface area contributed by atoms with Gasteiger partial charge in [0.15, 0.2) is 24.0 Å². The predicted molar refractivity (Wildman–Crippen MR) is 79.9 cm³/mol. The molecule has 4 rings (SSSR count). The van der Waals surface area contributed by atoms with Gasteiger partial charge in [0, 0.05) is 13.1 Å². The molecule has 0 aromatic heterocycles. The molecule has 0 aromatic carbocycles. The smallest absolute Gasteiger partial charge is 0.254 e. The highest BCUT2D eigenvalue weighted by Gasteiger charge is 2.62. The highest BCUT2D eigenvalue weighted by molar-refractivity contribution is 5.82. The number of fused-ring (bicyclic) bond motifs is 3. The molecule has 0 aliphatic carbocycles. The second kappa shape index (κ2) is 5.62. The SMILES string of the molecule is CC1(C)O[C@@H]2O[C@@H](C(=O)N3CCOCC3)[C@H]3OC(C)(C)O[C@@H]3[C@H]2O1. The Morgan fingerprint density at radius 3 is 2.17 bits per heavy atom. The minimum absolute atomic E-state index is 0.110. The first-order chi connectivity index (χ1) is 11.3. The average Bonchev–Trinajstić information content (AvgIpc) is 3.00. The molecule has 4 fully saturated rings. The van der Waals surface area contributed by atoms with Crippen LogP contribution in [0.3, 0.4) is 0 Å². The zero-order chi connectivity index (χ0) is 17.1. The maximum atomic E-state index is 13.0. The summed E-state index contributed by atoms with van der Waals surface area (Å²) in [5, 5.41) is 0. The van der Waals surface area contributed by atoms with Crippen molar-refractivity contribution in [3.8, 4) is 0 Å². The third-order valence-corrected chi connectivity index (χ3v) is 4.72. The van der Waals surface area contributed by atoms with Crippen LogP contribution in [0.5, 0.6) is 0 Å². The number of hydrogen-bond donors (Lipinski definition) is 0. The van der Waals surface area contributed by atoms with Crippen LogP contribution in [0.25, 0.3) is 0 Å². The molecular formula is C16H25NO7. The first-order valence-electron chi connectivity index (χ1n) is 8.49. The van der Waals surface area contributed by atoms with E-state index in [2.05, 4.69) is 0 Å². The minimum Gasteiger partial charge on any atom is -0.378 e. The van der Waals surface area contributed by atoms with Crippen molar-refractivity contribution in [1.29, 1.82) is 0 Å². The summed E-state index contributed by atoms with van der Waals surface area (Å²) in [7, 11) is 0. The zero-order valence-electron chi connectivity index (χ0n) is 14.5. The van der Waals surface area contributed by atoms with Gasteiger partial charge in [-0.2, -0.15) is 0 Å². The summed E-state index contributed by atoms with van der Waals surface area (Å²) in [6, 6.07) is 0. The molecule has 0 bridgehead atoms. The topological polar surface area (TPSA) is 75.7 Å². The molecule has 4 aliphatic heterocycles. The monoisotopic (exact) mass is 343 g/mol. The van der Waals surface area contributed by atoms with Crippen molar-refractivity contribution in [3.05, 3.63) is 0 Å². The van der Waals surface area contributed by atoms with E-state index >= 15 is 0 Å². The molecule has 4 aliphatic rings. The van der Waals surface area contributed by atoms with Crippen LogP contribution < -0.4 is 0 Å². The molecule has 0 radical (unpaired) electrons. The van der Waals surface area contributed by atoms with Gasteiger partial charge in [0.05, 0.1) is 13.2 Å². The van der Waals surface area contributed by atoms with E-state index in [1.807, 2.05) is 27.7 Å². The summed E-state index contributed by atoms with van der Waals surface area (Å²) in [6.07, 6.45) is -2.76. The van der Waals surface area contributed by atoms with Gasteiger partial charge in [-0.25, -0.2) is 0 Å². The van der Waals surface area contributed by atoms with Crippen molar-refractivity contribution >= 4 is 5.91 Å². The lowest BCUT2D eigenvalue weighted by atomic mass is 9.98. The van der Waals surface area contributed by atoms with E-state index in [4.69, 9.17) is 28.4 Å². The number of amides is 1. The summed E-state index contributed by atoms with van der Waals surface area (Å²) in [4.78, 5) is 14.7. The van der Waals surface area contributed by atoms with Crippen molar-refractivity contribution in [1.82, 2.24) is 4.90 Å². The van der Waals surface area contributed by atoms with Crippen LogP contribution in [-0.4, -0.2) is 79.4 Å². The van der Waals surface area contributed by atoms with Crippen LogP contribution in [0.1, 0.15) is 27.7 Å². The lowest BCUT2D eigenvalue weighted by Gasteiger charge is -2.39. The quantitative estimate of drug-likeness (QED) is 0.675. The number of rotatable bonds is 1. The molecule has 8 heteroatoms. The second-order valence-corrected chi connectivity index (χ2v) is 7.53. The summed E-state index contributed by atoms with van der Waals surface area (Å²) >= 11 is 0. The molecular weight excluding hydrogens is 318 g/mol. The molecule has 4 heterocycles. The molecule has 24 heavy (non-hydrogen) atoms. The van der Waals surface area contributed by atoms with E-state index in [9.17, 15) is 4.79 Å². The first kappa shape index (κ1) is 16.7. The van der Waals surface area contributed by atoms with E-state index in [-0.39, 0.29) is 5.91 Å². The Kier molecular flexibility index (Phi) is 3.91. The van der Waals surface area contributed by atoms with Crippen molar-refractivity contribution in [2.75, 3.05) is 26.3 Å². The van der Waals surface area contributed by atoms with Crippen LogP contribution in [0.2, 0.25) is 0 Å². The normalized spacial score (nSPS) is 43.3. The Bertz CT molecular complexity index is 517. The molecule has 0 aromatic rings. The number of carbonyl (C=O) groups excluding carboxylic acids is 1. The van der Waals surface area contributed by atoms with Gasteiger partial charge in [-0.15, -0.1) is 0 Å². The van der Waals surface area contributed by atoms with Gasteiger partial charge in [-0.3, -0.25) is 4.79 Å². The largest absolute Gasteiger partial charge is 0.378 e. The number of hydrogen-bond acceptors (Lipinski definition) is 7. The van der Waals surface area contributed by atoms with Gasteiger partial charge in [0.2, 0.25) is 0 Å². The Morgan fingerprint density at radius 2 is 1.46 bits per heavy atom. The van der Waals surface area contributed by atoms with Gasteiger partial charge in [-0.05, 0) is 27.7 Å². The van der Waals surface area contributed by atoms with E-state index < -0.39 is 42.3 Å². The van der Waals surface area contributed by atoms with Gasteiger partial charge in [0.1, 0.15) is 18.3 Å². The van der Waals surface area contributed by atoms with Crippen LogP contribution >= 0.6 is 0 Å². The van der Waals surface area contributed by atoms with E-state index in [1.165, 1.54) is 0 Å². The van der Waals surface area contributed by atoms with Crippen LogP contribution in [0, 0.1) is 0 Å². The lowest BCUT2D eigenvalue weighted by molar-refractivity contribution is -0.235. The highest BCUT2D eigenvalue weighted by atomic mass is 16.9. The fourth-order valence-corrected chi connectivity index (χ4v) is 3.77. The molecule has 1 amide bonds. The van der Waals surface area contributed by atoms with Gasteiger partial charge < -0.3 is 33.3 Å². The third kappa shape index (κ3) is 2.85. The summed E-state index contributed by atoms with van der Waals surface area (Å²) in [6.45, 7) is 9.48. The minimum atomic E-state index is -0.798. The number of carbonyl (C=O) groups is 1. The van der Waals surface area contributed by atoms with E-state index in [0.29, 0.717) is 26.3 Å². The number of ether oxygens (including phenoxy) is 6. The van der Waals surface area contributed by atoms with Gasteiger partial charge in [0.25, 0.3) is 5.91 Å². The van der Waals surface area contributed by atoms with Gasteiger partial charge >= 0.3 is 0 Å². The zero-order valence-corrected chi connectivity index (χ0v) is 14.5. The summed E-state index contributed by atoms with van der Waals surface area (Å²) < 4.78 is 35.1. The molecule has 4 saturated heterocycles. The molecule has 8 nitrogen and oxygen atoms in total. The number of morpholine rings is 1. The maximum absolute atomic E-state index is 13.0. The standard InChI is InChI=1S/C16H25NO7/c1-15(2)21-9-10(22-15)12-14(24-16(3,4)23-12)20-11(9)13(18)17-5-7-19-8-6-17/h9-12,14H,5-8H2,1-4H3/t9-,10-,11+,12+,14-/m0/s1. The molecule has 0 spiro atoms. The van der Waals surface area contributed by atoms with Crippen LogP contribution in [0.4, 0.5) is 0 Å². The molecule has 0 unspecified atom stereocenters. The Hall–Kier alpha value is -0.770. The van der Waals surface area contributed by atoms with Gasteiger partial charge in [-0.1, -0.05) is 0 Å². The predicted octanol–water partition coefficient (Wildman–Crippen LogP) is 0.242. The van der Waals surface area contributed by atoms with Crippen molar-refractivity contribution < 1.29 is 33.2 Å². The van der Waals surface area contributed by atoms with Crippen molar-refractivity contribution in [2.24, 2.45) is 0 Å². The maximum Gasteiger partial charge on any atom is 0.254 e. The second-order valence-electron chi connectivity index (χ2n) is 7.53. The van der Waals surface area contributed by atoms with Crippen molar-refractivity contribution in [3.63, 3.8) is 0 Å². The Morgan fingerprint density at radius 1 is 0.875 bits per heavy atom. The molecule has 5 atom stereocenters. The fraction of sp³-hybridized carbons (Fsp3) is 0.938. The van der Waals surface area contributed by atoms with E-state index in [1.54, 1.807) is 4.90 Å². The number of nitrogens with zero attached hydrogens (tertiary/aromatic N) is 1. The summed E-state index contributed by atoms with van der Waals surface area (Å²) in [5.74, 6) is -1.69. The fourth-order valence-electron chi connectivity index (χ4n) is 3.77. The first-order valence-corrected chi connectivity index (χ1v) is 8.49. The summed E-state index contributed by atoms with van der Waals surface area (Å²) in [5.41, 5.74) is 0.